The smallest absolute Gasteiger partial charge is 0.162 e. The fourth-order valence-electron chi connectivity index (χ4n) is 2.15. The molecule has 1 heterocycles. The van der Waals surface area contributed by atoms with E-state index >= 15 is 0 Å². The van der Waals surface area contributed by atoms with Gasteiger partial charge in [-0.1, -0.05) is 22.0 Å². The van der Waals surface area contributed by atoms with Crippen molar-refractivity contribution in [1.82, 2.24) is 4.90 Å². The Bertz CT molecular complexity index is 465. The summed E-state index contributed by atoms with van der Waals surface area (Å²) >= 11 is 3.58. The van der Waals surface area contributed by atoms with E-state index in [1.165, 1.54) is 0 Å². The largest absolute Gasteiger partial charge is 0.490 e. The van der Waals surface area contributed by atoms with Crippen molar-refractivity contribution >= 4 is 15.9 Å². The molecule has 1 aromatic rings. The molecule has 0 amide bonds. The number of rotatable bonds is 6. The summed E-state index contributed by atoms with van der Waals surface area (Å²) in [5.74, 6) is 1.58. The molecule has 20 heavy (non-hydrogen) atoms. The molecular formula is C15H20BrNO3. The molecule has 0 unspecified atom stereocenters. The van der Waals surface area contributed by atoms with E-state index in [0.717, 1.165) is 41.0 Å². The Morgan fingerprint density at radius 1 is 1.30 bits per heavy atom. The zero-order chi connectivity index (χ0) is 14.4. The van der Waals surface area contributed by atoms with Crippen LogP contribution in [0.1, 0.15) is 12.0 Å². The minimum absolute atomic E-state index is 0.135. The quantitative estimate of drug-likeness (QED) is 0.807. The van der Waals surface area contributed by atoms with Gasteiger partial charge in [-0.2, -0.15) is 0 Å². The van der Waals surface area contributed by atoms with E-state index in [9.17, 15) is 0 Å². The van der Waals surface area contributed by atoms with Crippen LogP contribution < -0.4 is 9.47 Å². The summed E-state index contributed by atoms with van der Waals surface area (Å²) in [6.07, 6.45) is 2.74. The molecule has 0 atom stereocenters. The highest BCUT2D eigenvalue weighted by Crippen LogP contribution is 2.35. The predicted octanol–water partition coefficient (Wildman–Crippen LogP) is 2.59. The van der Waals surface area contributed by atoms with Gasteiger partial charge in [0.05, 0.1) is 19.8 Å². The van der Waals surface area contributed by atoms with Gasteiger partial charge in [-0.05, 0) is 17.7 Å². The van der Waals surface area contributed by atoms with Gasteiger partial charge < -0.3 is 14.6 Å². The summed E-state index contributed by atoms with van der Waals surface area (Å²) < 4.78 is 12.4. The van der Waals surface area contributed by atoms with E-state index in [4.69, 9.17) is 14.6 Å². The molecule has 110 valence electrons. The van der Waals surface area contributed by atoms with Gasteiger partial charge in [-0.15, -0.1) is 6.58 Å². The van der Waals surface area contributed by atoms with Crippen molar-refractivity contribution in [2.45, 2.75) is 13.0 Å². The zero-order valence-electron chi connectivity index (χ0n) is 11.5. The van der Waals surface area contributed by atoms with E-state index in [2.05, 4.69) is 27.4 Å². The molecule has 0 saturated carbocycles. The maximum absolute atomic E-state index is 9.11. The number of hydrogen-bond donors (Lipinski definition) is 1. The Balaban J connectivity index is 2.18. The minimum atomic E-state index is 0.135. The maximum Gasteiger partial charge on any atom is 0.162 e. The van der Waals surface area contributed by atoms with Gasteiger partial charge in [0.25, 0.3) is 0 Å². The fraction of sp³-hybridized carbons (Fsp3) is 0.467. The molecule has 0 radical (unpaired) electrons. The van der Waals surface area contributed by atoms with Crippen molar-refractivity contribution in [3.05, 3.63) is 34.8 Å². The average molecular weight is 342 g/mol. The molecule has 1 N–H and O–H groups in total. The van der Waals surface area contributed by atoms with Crippen molar-refractivity contribution in [2.75, 3.05) is 32.9 Å². The van der Waals surface area contributed by atoms with Gasteiger partial charge in [0.2, 0.25) is 0 Å². The number of fused-ring (bicyclic) bond motifs is 1. The topological polar surface area (TPSA) is 41.9 Å². The van der Waals surface area contributed by atoms with E-state index < -0.39 is 0 Å². The Labute approximate surface area is 128 Å². The molecule has 4 nitrogen and oxygen atoms in total. The first-order valence-electron chi connectivity index (χ1n) is 6.76. The summed E-state index contributed by atoms with van der Waals surface area (Å²) in [4.78, 5) is 2.12. The summed E-state index contributed by atoms with van der Waals surface area (Å²) in [5, 5.41) is 9.11. The fourth-order valence-corrected chi connectivity index (χ4v) is 2.59. The van der Waals surface area contributed by atoms with Crippen LogP contribution in [-0.2, 0) is 6.54 Å². The third-order valence-corrected chi connectivity index (χ3v) is 3.85. The molecule has 0 fully saturated rings. The third-order valence-electron chi connectivity index (χ3n) is 3.11. The lowest BCUT2D eigenvalue weighted by molar-refractivity contribution is 0.203. The number of halogens is 1. The van der Waals surface area contributed by atoms with Gasteiger partial charge in [-0.3, -0.25) is 4.90 Å². The Hall–Kier alpha value is -1.04. The molecular weight excluding hydrogens is 322 g/mol. The van der Waals surface area contributed by atoms with Crippen molar-refractivity contribution in [3.63, 3.8) is 0 Å². The second-order valence-corrected chi connectivity index (χ2v) is 5.54. The number of aliphatic hydroxyl groups excluding tert-OH is 1. The molecule has 2 rings (SSSR count). The summed E-state index contributed by atoms with van der Waals surface area (Å²) in [7, 11) is 0. The average Bonchev–Trinajstić information content (AvgIpc) is 2.64. The number of benzene rings is 1. The van der Waals surface area contributed by atoms with Crippen LogP contribution >= 0.6 is 15.9 Å². The number of hydrogen-bond acceptors (Lipinski definition) is 4. The van der Waals surface area contributed by atoms with Crippen LogP contribution in [-0.4, -0.2) is 42.9 Å². The Kier molecular flexibility index (Phi) is 5.88. The lowest BCUT2D eigenvalue weighted by Gasteiger charge is -2.21. The Morgan fingerprint density at radius 2 is 2.00 bits per heavy atom. The normalized spacial score (nSPS) is 14.2. The number of aliphatic hydroxyl groups is 1. The van der Waals surface area contributed by atoms with Gasteiger partial charge in [-0.25, -0.2) is 0 Å². The van der Waals surface area contributed by atoms with Crippen LogP contribution in [0.4, 0.5) is 0 Å². The monoisotopic (exact) mass is 341 g/mol. The standard InChI is InChI=1S/C15H20BrNO3/c1-2-4-17(5-6-18)11-12-9-14-15(10-13(12)16)20-8-3-7-19-14/h2,9-10,18H,1,3-8,11H2. The van der Waals surface area contributed by atoms with Crippen LogP contribution in [0.25, 0.3) is 0 Å². The van der Waals surface area contributed by atoms with E-state index in [-0.39, 0.29) is 6.61 Å². The number of nitrogens with zero attached hydrogens (tertiary/aromatic N) is 1. The van der Waals surface area contributed by atoms with Crippen molar-refractivity contribution in [3.8, 4) is 11.5 Å². The summed E-state index contributed by atoms with van der Waals surface area (Å²) in [5.41, 5.74) is 1.12. The molecule has 1 aromatic carbocycles. The highest BCUT2D eigenvalue weighted by Gasteiger charge is 2.15. The van der Waals surface area contributed by atoms with E-state index in [1.54, 1.807) is 0 Å². The molecule has 1 aliphatic rings. The van der Waals surface area contributed by atoms with Crippen molar-refractivity contribution in [1.29, 1.82) is 0 Å². The highest BCUT2D eigenvalue weighted by atomic mass is 79.9. The zero-order valence-corrected chi connectivity index (χ0v) is 13.1. The Morgan fingerprint density at radius 3 is 2.65 bits per heavy atom. The van der Waals surface area contributed by atoms with Crippen LogP contribution in [0.5, 0.6) is 11.5 Å². The van der Waals surface area contributed by atoms with E-state index in [1.807, 2.05) is 18.2 Å². The van der Waals surface area contributed by atoms with Gasteiger partial charge >= 0.3 is 0 Å². The maximum atomic E-state index is 9.11. The molecule has 0 saturated heterocycles. The second-order valence-electron chi connectivity index (χ2n) is 4.69. The van der Waals surface area contributed by atoms with Gasteiger partial charge in [0, 0.05) is 30.5 Å². The SMILES string of the molecule is C=CCN(CCO)Cc1cc2c(cc1Br)OCCCO2. The van der Waals surface area contributed by atoms with Crippen LogP contribution in [0.3, 0.4) is 0 Å². The molecule has 0 bridgehead atoms. The molecule has 0 spiro atoms. The van der Waals surface area contributed by atoms with Crippen LogP contribution in [0, 0.1) is 0 Å². The third kappa shape index (κ3) is 3.98. The lowest BCUT2D eigenvalue weighted by Crippen LogP contribution is -2.26. The summed E-state index contributed by atoms with van der Waals surface area (Å²) in [6.45, 7) is 7.33. The predicted molar refractivity (Wildman–Crippen MR) is 82.3 cm³/mol. The van der Waals surface area contributed by atoms with E-state index in [0.29, 0.717) is 19.8 Å². The van der Waals surface area contributed by atoms with Crippen molar-refractivity contribution < 1.29 is 14.6 Å². The minimum Gasteiger partial charge on any atom is -0.490 e. The first-order valence-corrected chi connectivity index (χ1v) is 7.56. The first kappa shape index (κ1) is 15.4. The highest BCUT2D eigenvalue weighted by molar-refractivity contribution is 9.10. The molecule has 1 aliphatic heterocycles. The molecule has 5 heteroatoms. The van der Waals surface area contributed by atoms with Crippen molar-refractivity contribution in [2.24, 2.45) is 0 Å². The van der Waals surface area contributed by atoms with Gasteiger partial charge in [0.1, 0.15) is 0 Å². The lowest BCUT2D eigenvalue weighted by atomic mass is 10.2. The first-order chi connectivity index (χ1) is 9.74. The summed E-state index contributed by atoms with van der Waals surface area (Å²) in [6, 6.07) is 3.97. The van der Waals surface area contributed by atoms with Crippen LogP contribution in [0.2, 0.25) is 0 Å². The molecule has 0 aliphatic carbocycles. The van der Waals surface area contributed by atoms with Crippen LogP contribution in [0.15, 0.2) is 29.3 Å². The number of ether oxygens (including phenoxy) is 2. The van der Waals surface area contributed by atoms with Gasteiger partial charge in [0.15, 0.2) is 11.5 Å². The molecule has 0 aromatic heterocycles. The second kappa shape index (κ2) is 7.67.